The first-order valence-electron chi connectivity index (χ1n) is 8.49. The van der Waals surface area contributed by atoms with E-state index in [2.05, 4.69) is 20.5 Å². The number of rotatable bonds is 3. The second-order valence-corrected chi connectivity index (χ2v) is 6.47. The van der Waals surface area contributed by atoms with Gasteiger partial charge in [0.15, 0.2) is 0 Å². The Hall–Kier alpha value is -2.67. The van der Waals surface area contributed by atoms with Gasteiger partial charge in [-0.1, -0.05) is 12.8 Å². The van der Waals surface area contributed by atoms with Crippen LogP contribution in [0.5, 0.6) is 5.75 Å². The van der Waals surface area contributed by atoms with Crippen LogP contribution in [0.2, 0.25) is 0 Å². The number of anilines is 1. The molecule has 2 atom stereocenters. The summed E-state index contributed by atoms with van der Waals surface area (Å²) in [4.78, 5) is 4.46. The molecule has 1 aromatic carbocycles. The van der Waals surface area contributed by atoms with Crippen LogP contribution in [0, 0.1) is 6.92 Å². The number of aliphatic hydroxyl groups excluding tert-OH is 1. The molecule has 3 aromatic rings. The van der Waals surface area contributed by atoms with Gasteiger partial charge in [0, 0.05) is 5.56 Å². The van der Waals surface area contributed by atoms with Gasteiger partial charge in [-0.15, -0.1) is 10.2 Å². The van der Waals surface area contributed by atoms with Crippen molar-refractivity contribution in [3.8, 4) is 17.0 Å². The lowest BCUT2D eigenvalue weighted by Gasteiger charge is -2.28. The van der Waals surface area contributed by atoms with Gasteiger partial charge in [0.05, 0.1) is 29.5 Å². The topological polar surface area (TPSA) is 104 Å². The molecule has 25 heavy (non-hydrogen) atoms. The van der Waals surface area contributed by atoms with Crippen LogP contribution in [-0.2, 0) is 0 Å². The van der Waals surface area contributed by atoms with Gasteiger partial charge in [0.25, 0.3) is 0 Å². The molecule has 0 amide bonds. The molecule has 0 spiro atoms. The number of aromatic nitrogens is 3. The third-order valence-electron chi connectivity index (χ3n) is 4.77. The molecule has 0 unspecified atom stereocenters. The second-order valence-electron chi connectivity index (χ2n) is 6.47. The van der Waals surface area contributed by atoms with Crippen LogP contribution in [0.4, 0.5) is 5.95 Å². The average molecular weight is 340 g/mol. The van der Waals surface area contributed by atoms with Crippen molar-refractivity contribution in [2.24, 2.45) is 0 Å². The van der Waals surface area contributed by atoms with Gasteiger partial charge < -0.3 is 19.9 Å². The van der Waals surface area contributed by atoms with Gasteiger partial charge in [-0.25, -0.2) is 4.98 Å². The minimum absolute atomic E-state index is 0.0449. The fourth-order valence-corrected chi connectivity index (χ4v) is 3.38. The molecule has 7 heteroatoms. The molecule has 1 saturated carbocycles. The molecule has 0 aliphatic heterocycles. The van der Waals surface area contributed by atoms with E-state index in [4.69, 9.17) is 4.42 Å². The van der Waals surface area contributed by atoms with Crippen molar-refractivity contribution in [3.63, 3.8) is 0 Å². The smallest absolute Gasteiger partial charge is 0.243 e. The summed E-state index contributed by atoms with van der Waals surface area (Å²) in [6, 6.07) is 5.20. The summed E-state index contributed by atoms with van der Waals surface area (Å²) in [5.74, 6) is 0.505. The van der Waals surface area contributed by atoms with Crippen LogP contribution in [0.15, 0.2) is 28.9 Å². The predicted molar refractivity (Wildman–Crippen MR) is 93.3 cm³/mol. The molecule has 1 aliphatic carbocycles. The summed E-state index contributed by atoms with van der Waals surface area (Å²) >= 11 is 0. The molecular formula is C18H20N4O3. The quantitative estimate of drug-likeness (QED) is 0.673. The molecule has 3 N–H and O–H groups in total. The van der Waals surface area contributed by atoms with Crippen molar-refractivity contribution in [2.75, 3.05) is 5.32 Å². The number of aromatic hydroxyl groups is 1. The normalized spacial score (nSPS) is 20.7. The molecule has 2 aromatic heterocycles. The van der Waals surface area contributed by atoms with Gasteiger partial charge in [-0.05, 0) is 38.0 Å². The van der Waals surface area contributed by atoms with E-state index in [9.17, 15) is 10.2 Å². The standard InChI is InChI=1S/C18H20N4O3/c1-10-16(12-6-7-15-11(17(12)24)8-9-25-15)21-22-18(19-10)20-13-4-2-3-5-14(13)23/h6-9,13-14,23-24H,2-5H2,1H3,(H,19,20,22)/t13-,14-/m1/s1. The highest BCUT2D eigenvalue weighted by Crippen LogP contribution is 2.36. The Morgan fingerprint density at radius 1 is 1.16 bits per heavy atom. The van der Waals surface area contributed by atoms with Gasteiger partial charge in [0.1, 0.15) is 17.0 Å². The summed E-state index contributed by atoms with van der Waals surface area (Å²) in [6.07, 6.45) is 4.96. The number of aryl methyl sites for hydroxylation is 1. The van der Waals surface area contributed by atoms with Gasteiger partial charge in [0.2, 0.25) is 5.95 Å². The summed E-state index contributed by atoms with van der Waals surface area (Å²) in [5.41, 5.74) is 2.36. The number of nitrogens with zero attached hydrogens (tertiary/aromatic N) is 3. The van der Waals surface area contributed by atoms with Crippen LogP contribution < -0.4 is 5.32 Å². The van der Waals surface area contributed by atoms with E-state index in [0.29, 0.717) is 33.9 Å². The van der Waals surface area contributed by atoms with Crippen LogP contribution in [0.1, 0.15) is 31.4 Å². The van der Waals surface area contributed by atoms with Crippen molar-refractivity contribution in [1.82, 2.24) is 15.2 Å². The first-order valence-corrected chi connectivity index (χ1v) is 8.49. The summed E-state index contributed by atoms with van der Waals surface area (Å²) in [5, 5.41) is 32.7. The van der Waals surface area contributed by atoms with Crippen molar-refractivity contribution >= 4 is 16.9 Å². The number of aliphatic hydroxyl groups is 1. The van der Waals surface area contributed by atoms with Crippen molar-refractivity contribution < 1.29 is 14.6 Å². The number of phenols is 1. The summed E-state index contributed by atoms with van der Waals surface area (Å²) < 4.78 is 5.29. The molecule has 2 heterocycles. The molecule has 1 aliphatic rings. The van der Waals surface area contributed by atoms with Crippen molar-refractivity contribution in [1.29, 1.82) is 0 Å². The van der Waals surface area contributed by atoms with E-state index in [0.717, 1.165) is 25.7 Å². The van der Waals surface area contributed by atoms with Crippen molar-refractivity contribution in [2.45, 2.75) is 44.8 Å². The van der Waals surface area contributed by atoms with E-state index in [-0.39, 0.29) is 17.9 Å². The Kier molecular flexibility index (Phi) is 4.01. The lowest BCUT2D eigenvalue weighted by Crippen LogP contribution is -2.37. The molecule has 0 saturated heterocycles. The molecule has 1 fully saturated rings. The number of furan rings is 1. The van der Waals surface area contributed by atoms with Crippen LogP contribution >= 0.6 is 0 Å². The molecule has 4 rings (SSSR count). The Balaban J connectivity index is 1.64. The first kappa shape index (κ1) is 15.8. The maximum absolute atomic E-state index is 10.5. The average Bonchev–Trinajstić information content (AvgIpc) is 3.08. The van der Waals surface area contributed by atoms with Gasteiger partial charge in [-0.3, -0.25) is 0 Å². The minimum Gasteiger partial charge on any atom is -0.506 e. The zero-order valence-corrected chi connectivity index (χ0v) is 13.9. The lowest BCUT2D eigenvalue weighted by atomic mass is 9.93. The Bertz CT molecular complexity index is 908. The molecular weight excluding hydrogens is 320 g/mol. The number of phenolic OH excluding ortho intramolecular Hbond substituents is 1. The number of nitrogens with one attached hydrogen (secondary N) is 1. The van der Waals surface area contributed by atoms with E-state index in [1.807, 2.05) is 6.92 Å². The van der Waals surface area contributed by atoms with Gasteiger partial charge in [-0.2, -0.15) is 0 Å². The Morgan fingerprint density at radius 2 is 2.00 bits per heavy atom. The predicted octanol–water partition coefficient (Wildman–Crippen LogP) is 3.01. The lowest BCUT2D eigenvalue weighted by molar-refractivity contribution is 0.116. The Labute approximate surface area is 144 Å². The van der Waals surface area contributed by atoms with Crippen LogP contribution in [0.25, 0.3) is 22.2 Å². The van der Waals surface area contributed by atoms with E-state index >= 15 is 0 Å². The molecule has 7 nitrogen and oxygen atoms in total. The number of fused-ring (bicyclic) bond motifs is 1. The third-order valence-corrected chi connectivity index (χ3v) is 4.77. The highest BCUT2D eigenvalue weighted by atomic mass is 16.3. The fourth-order valence-electron chi connectivity index (χ4n) is 3.38. The van der Waals surface area contributed by atoms with E-state index in [1.54, 1.807) is 18.2 Å². The Morgan fingerprint density at radius 3 is 2.80 bits per heavy atom. The summed E-state index contributed by atoms with van der Waals surface area (Å²) in [7, 11) is 0. The number of benzene rings is 1. The van der Waals surface area contributed by atoms with Gasteiger partial charge >= 0.3 is 0 Å². The molecule has 0 bridgehead atoms. The van der Waals surface area contributed by atoms with E-state index < -0.39 is 0 Å². The minimum atomic E-state index is -0.384. The zero-order valence-electron chi connectivity index (χ0n) is 13.9. The maximum atomic E-state index is 10.5. The largest absolute Gasteiger partial charge is 0.506 e. The zero-order chi connectivity index (χ0) is 17.4. The SMILES string of the molecule is Cc1nc(N[C@@H]2CCCC[C@H]2O)nnc1-c1ccc2occc2c1O. The second kappa shape index (κ2) is 6.33. The van der Waals surface area contributed by atoms with E-state index in [1.165, 1.54) is 6.26 Å². The number of hydrogen-bond donors (Lipinski definition) is 3. The molecule has 0 radical (unpaired) electrons. The maximum Gasteiger partial charge on any atom is 0.243 e. The highest BCUT2D eigenvalue weighted by molar-refractivity contribution is 5.91. The highest BCUT2D eigenvalue weighted by Gasteiger charge is 2.24. The van der Waals surface area contributed by atoms with Crippen molar-refractivity contribution in [3.05, 3.63) is 30.2 Å². The first-order chi connectivity index (χ1) is 12.1. The molecule has 130 valence electrons. The summed E-state index contributed by atoms with van der Waals surface area (Å²) in [6.45, 7) is 1.82. The number of hydrogen-bond acceptors (Lipinski definition) is 7. The van der Waals surface area contributed by atoms with Crippen LogP contribution in [0.3, 0.4) is 0 Å². The monoisotopic (exact) mass is 340 g/mol. The van der Waals surface area contributed by atoms with Crippen LogP contribution in [-0.4, -0.2) is 37.5 Å². The fraction of sp³-hybridized carbons (Fsp3) is 0.389. The third kappa shape index (κ3) is 2.91.